The Morgan fingerprint density at radius 2 is 1.57 bits per heavy atom. The van der Waals surface area contributed by atoms with E-state index >= 15 is 0 Å². The van der Waals surface area contributed by atoms with Gasteiger partial charge in [0.2, 0.25) is 10.0 Å². The van der Waals surface area contributed by atoms with E-state index in [0.717, 1.165) is 39.9 Å². The van der Waals surface area contributed by atoms with Crippen LogP contribution >= 0.6 is 22.9 Å². The standard InChI is InChI=1S/C22H22ClN3O2S2/c1-21-11-22(21,2)13-26(12-21)20-25-18(14-3-7-16(23)8-4-14)19(29-20)15-5-9-17(10-6-15)30(24,27)28/h3-10H,11-13H2,1-2H3,(H2,24,27,28). The first-order chi connectivity index (χ1) is 14.1. The zero-order valence-corrected chi connectivity index (χ0v) is 19.1. The van der Waals surface area contributed by atoms with E-state index in [9.17, 15) is 8.42 Å². The molecule has 0 radical (unpaired) electrons. The van der Waals surface area contributed by atoms with Gasteiger partial charge < -0.3 is 4.90 Å². The number of fused-ring (bicyclic) bond motifs is 1. The van der Waals surface area contributed by atoms with Crippen LogP contribution in [-0.4, -0.2) is 26.5 Å². The fourth-order valence-electron chi connectivity index (χ4n) is 4.58. The number of nitrogens with two attached hydrogens (primary N) is 1. The number of halogens is 1. The molecule has 0 spiro atoms. The van der Waals surface area contributed by atoms with Crippen molar-refractivity contribution in [1.82, 2.24) is 4.98 Å². The minimum absolute atomic E-state index is 0.101. The molecule has 2 aromatic carbocycles. The van der Waals surface area contributed by atoms with E-state index in [0.29, 0.717) is 15.9 Å². The molecule has 8 heteroatoms. The zero-order chi connectivity index (χ0) is 21.3. The summed E-state index contributed by atoms with van der Waals surface area (Å²) in [5.41, 5.74) is 3.52. The molecule has 0 amide bonds. The molecular formula is C22H22ClN3O2S2. The van der Waals surface area contributed by atoms with E-state index in [1.807, 2.05) is 24.3 Å². The van der Waals surface area contributed by atoms with Crippen molar-refractivity contribution in [3.8, 4) is 21.7 Å². The number of aromatic nitrogens is 1. The molecular weight excluding hydrogens is 438 g/mol. The fraction of sp³-hybridized carbons (Fsp3) is 0.318. The van der Waals surface area contributed by atoms with Gasteiger partial charge in [-0.05, 0) is 47.1 Å². The van der Waals surface area contributed by atoms with Crippen LogP contribution in [0.25, 0.3) is 21.7 Å². The van der Waals surface area contributed by atoms with Gasteiger partial charge in [-0.25, -0.2) is 18.5 Å². The second-order valence-corrected chi connectivity index (χ2v) is 11.9. The van der Waals surface area contributed by atoms with E-state index < -0.39 is 10.0 Å². The average molecular weight is 460 g/mol. The second kappa shape index (κ2) is 6.53. The summed E-state index contributed by atoms with van der Waals surface area (Å²) >= 11 is 7.73. The molecule has 2 atom stereocenters. The maximum atomic E-state index is 11.6. The Balaban J connectivity index is 1.58. The molecule has 1 saturated carbocycles. The highest BCUT2D eigenvalue weighted by atomic mass is 35.5. The van der Waals surface area contributed by atoms with Gasteiger partial charge in [-0.3, -0.25) is 0 Å². The number of hydrogen-bond donors (Lipinski definition) is 1. The quantitative estimate of drug-likeness (QED) is 0.594. The summed E-state index contributed by atoms with van der Waals surface area (Å²) in [5, 5.41) is 6.93. The van der Waals surface area contributed by atoms with Crippen molar-refractivity contribution < 1.29 is 8.42 Å². The maximum Gasteiger partial charge on any atom is 0.238 e. The lowest BCUT2D eigenvalue weighted by atomic mass is 10.0. The third-order valence-corrected chi connectivity index (χ3v) is 8.99. The molecule has 2 unspecified atom stereocenters. The molecule has 1 aliphatic carbocycles. The van der Waals surface area contributed by atoms with Crippen molar-refractivity contribution in [2.75, 3.05) is 18.0 Å². The fourth-order valence-corrected chi connectivity index (χ4v) is 6.32. The number of benzene rings is 2. The molecule has 2 N–H and O–H groups in total. The van der Waals surface area contributed by atoms with Crippen LogP contribution in [0.5, 0.6) is 0 Å². The van der Waals surface area contributed by atoms with E-state index in [1.165, 1.54) is 6.42 Å². The summed E-state index contributed by atoms with van der Waals surface area (Å²) in [5.74, 6) is 0. The summed E-state index contributed by atoms with van der Waals surface area (Å²) in [6.45, 7) is 6.74. The predicted octanol–water partition coefficient (Wildman–Crippen LogP) is 5.01. The van der Waals surface area contributed by atoms with Crippen molar-refractivity contribution in [2.45, 2.75) is 25.2 Å². The third-order valence-electron chi connectivity index (χ3n) is 6.64. The van der Waals surface area contributed by atoms with Gasteiger partial charge in [0.15, 0.2) is 5.13 Å². The van der Waals surface area contributed by atoms with Crippen LogP contribution in [0.2, 0.25) is 5.02 Å². The number of hydrogen-bond acceptors (Lipinski definition) is 5. The summed E-state index contributed by atoms with van der Waals surface area (Å²) in [7, 11) is -3.73. The number of rotatable bonds is 4. The van der Waals surface area contributed by atoms with Crippen molar-refractivity contribution >= 4 is 38.1 Å². The molecule has 2 fully saturated rings. The summed E-state index contributed by atoms with van der Waals surface area (Å²) in [6.07, 6.45) is 1.27. The minimum atomic E-state index is -3.73. The van der Waals surface area contributed by atoms with Gasteiger partial charge in [-0.2, -0.15) is 0 Å². The van der Waals surface area contributed by atoms with E-state index in [2.05, 4.69) is 18.7 Å². The second-order valence-electron chi connectivity index (χ2n) is 8.90. The Morgan fingerprint density at radius 1 is 1.00 bits per heavy atom. The van der Waals surface area contributed by atoms with Gasteiger partial charge >= 0.3 is 0 Å². The molecule has 1 aliphatic heterocycles. The van der Waals surface area contributed by atoms with Crippen LogP contribution in [0, 0.1) is 10.8 Å². The Kier molecular flexibility index (Phi) is 4.35. The highest BCUT2D eigenvalue weighted by Crippen LogP contribution is 2.68. The lowest BCUT2D eigenvalue weighted by Gasteiger charge is -2.18. The topological polar surface area (TPSA) is 76.3 Å². The number of piperidine rings is 1. The molecule has 5 nitrogen and oxygen atoms in total. The lowest BCUT2D eigenvalue weighted by Crippen LogP contribution is -2.24. The van der Waals surface area contributed by atoms with Crippen LogP contribution in [0.4, 0.5) is 5.13 Å². The van der Waals surface area contributed by atoms with Crippen LogP contribution in [0.1, 0.15) is 20.3 Å². The predicted molar refractivity (Wildman–Crippen MR) is 122 cm³/mol. The van der Waals surface area contributed by atoms with Gasteiger partial charge in [-0.1, -0.05) is 61.1 Å². The van der Waals surface area contributed by atoms with Crippen LogP contribution < -0.4 is 10.0 Å². The molecule has 3 aromatic rings. The van der Waals surface area contributed by atoms with Crippen LogP contribution in [0.3, 0.4) is 0 Å². The van der Waals surface area contributed by atoms with Gasteiger partial charge in [-0.15, -0.1) is 0 Å². The van der Waals surface area contributed by atoms with E-state index in [4.69, 9.17) is 21.7 Å². The number of thiazole rings is 1. The first-order valence-electron chi connectivity index (χ1n) is 9.73. The molecule has 2 aliphatic rings. The molecule has 2 heterocycles. The Hall–Kier alpha value is -1.93. The van der Waals surface area contributed by atoms with Gasteiger partial charge in [0.25, 0.3) is 0 Å². The number of anilines is 1. The highest BCUT2D eigenvalue weighted by molar-refractivity contribution is 7.89. The molecule has 1 aromatic heterocycles. The summed E-state index contributed by atoms with van der Waals surface area (Å²) in [4.78, 5) is 8.51. The van der Waals surface area contributed by atoms with E-state index in [-0.39, 0.29) is 4.90 Å². The third kappa shape index (κ3) is 3.24. The first kappa shape index (κ1) is 20.0. The minimum Gasteiger partial charge on any atom is -0.347 e. The van der Waals surface area contributed by atoms with Gasteiger partial charge in [0, 0.05) is 23.7 Å². The van der Waals surface area contributed by atoms with E-state index in [1.54, 1.807) is 35.6 Å². The van der Waals surface area contributed by atoms with Crippen molar-refractivity contribution in [2.24, 2.45) is 16.0 Å². The van der Waals surface area contributed by atoms with Crippen molar-refractivity contribution in [3.63, 3.8) is 0 Å². The largest absolute Gasteiger partial charge is 0.347 e. The molecule has 0 bridgehead atoms. The smallest absolute Gasteiger partial charge is 0.238 e. The SMILES string of the molecule is CC12CN(c3nc(-c4ccc(Cl)cc4)c(-c4ccc(S(N)(=O)=O)cc4)s3)CC1(C)C2. The Morgan fingerprint density at radius 3 is 2.13 bits per heavy atom. The molecule has 5 rings (SSSR count). The monoisotopic (exact) mass is 459 g/mol. The summed E-state index contributed by atoms with van der Waals surface area (Å²) < 4.78 is 23.2. The Bertz CT molecular complexity index is 1220. The highest BCUT2D eigenvalue weighted by Gasteiger charge is 2.66. The van der Waals surface area contributed by atoms with Crippen LogP contribution in [0.15, 0.2) is 53.4 Å². The Labute approximate surface area is 185 Å². The average Bonchev–Trinajstić information content (AvgIpc) is 2.99. The number of primary sulfonamides is 1. The number of nitrogens with zero attached hydrogens (tertiary/aromatic N) is 2. The molecule has 1 saturated heterocycles. The van der Waals surface area contributed by atoms with Crippen molar-refractivity contribution in [1.29, 1.82) is 0 Å². The van der Waals surface area contributed by atoms with Gasteiger partial charge in [0.05, 0.1) is 15.5 Å². The van der Waals surface area contributed by atoms with Gasteiger partial charge in [0.1, 0.15) is 0 Å². The maximum absolute atomic E-state index is 11.6. The summed E-state index contributed by atoms with van der Waals surface area (Å²) in [6, 6.07) is 14.3. The number of sulfonamides is 1. The molecule has 30 heavy (non-hydrogen) atoms. The van der Waals surface area contributed by atoms with Crippen molar-refractivity contribution in [3.05, 3.63) is 53.6 Å². The lowest BCUT2D eigenvalue weighted by molar-refractivity contribution is 0.494. The molecule has 156 valence electrons. The zero-order valence-electron chi connectivity index (χ0n) is 16.7. The normalized spacial score (nSPS) is 25.4. The van der Waals surface area contributed by atoms with Crippen LogP contribution in [-0.2, 0) is 10.0 Å². The first-order valence-corrected chi connectivity index (χ1v) is 12.5.